The summed E-state index contributed by atoms with van der Waals surface area (Å²) in [5, 5.41) is 9.83. The smallest absolute Gasteiger partial charge is 0.164 e. The van der Waals surface area contributed by atoms with E-state index < -0.39 is 0 Å². The van der Waals surface area contributed by atoms with E-state index in [1.54, 1.807) is 0 Å². The van der Waals surface area contributed by atoms with Gasteiger partial charge in [-0.25, -0.2) is 29.9 Å². The van der Waals surface area contributed by atoms with Gasteiger partial charge in [0.25, 0.3) is 0 Å². The van der Waals surface area contributed by atoms with Crippen molar-refractivity contribution >= 4 is 0 Å². The van der Waals surface area contributed by atoms with E-state index in [0.717, 1.165) is 66.8 Å². The van der Waals surface area contributed by atoms with Gasteiger partial charge in [0, 0.05) is 33.4 Å². The second-order valence-corrected chi connectivity index (χ2v) is 14.7. The second-order valence-electron chi connectivity index (χ2n) is 14.7. The summed E-state index contributed by atoms with van der Waals surface area (Å²) in [7, 11) is 0. The lowest BCUT2D eigenvalue weighted by atomic mass is 9.93. The van der Waals surface area contributed by atoms with E-state index >= 15 is 0 Å². The third-order valence-corrected chi connectivity index (χ3v) is 10.7. The molecule has 0 bridgehead atoms. The maximum atomic E-state index is 9.83. The Morgan fingerprint density at radius 2 is 0.629 bits per heavy atom. The Kier molecular flexibility index (Phi) is 10.2. The number of hydrogen-bond donors (Lipinski definition) is 0. The third-order valence-electron chi connectivity index (χ3n) is 10.7. The van der Waals surface area contributed by atoms with Crippen LogP contribution < -0.4 is 0 Å². The molecule has 7 heteroatoms. The highest BCUT2D eigenvalue weighted by Crippen LogP contribution is 2.37. The van der Waals surface area contributed by atoms with E-state index in [2.05, 4.69) is 60.7 Å². The maximum Gasteiger partial charge on any atom is 0.164 e. The van der Waals surface area contributed by atoms with Crippen LogP contribution in [0, 0.1) is 11.3 Å². The van der Waals surface area contributed by atoms with Crippen molar-refractivity contribution < 1.29 is 0 Å². The van der Waals surface area contributed by atoms with E-state index in [0.29, 0.717) is 40.5 Å². The summed E-state index contributed by atoms with van der Waals surface area (Å²) < 4.78 is 0. The Bertz CT molecular complexity index is 3160. The van der Waals surface area contributed by atoms with Crippen LogP contribution in [0.1, 0.15) is 5.56 Å². The summed E-state index contributed by atoms with van der Waals surface area (Å²) in [6, 6.07) is 73.0. The zero-order valence-corrected chi connectivity index (χ0v) is 33.3. The number of nitrogens with zero attached hydrogens (tertiary/aromatic N) is 7. The van der Waals surface area contributed by atoms with Crippen molar-refractivity contribution in [2.45, 2.75) is 0 Å². The number of rotatable bonds is 9. The molecule has 7 nitrogen and oxygen atoms in total. The van der Waals surface area contributed by atoms with E-state index in [4.69, 9.17) is 29.9 Å². The Hall–Kier alpha value is -8.73. The van der Waals surface area contributed by atoms with Crippen LogP contribution in [0.2, 0.25) is 0 Å². The van der Waals surface area contributed by atoms with Crippen LogP contribution in [0.15, 0.2) is 212 Å². The molecule has 0 atom stereocenters. The average Bonchev–Trinajstić information content (AvgIpc) is 3.37. The molecular weight excluding hydrogens is 759 g/mol. The molecule has 0 N–H and O–H groups in total. The highest BCUT2D eigenvalue weighted by atomic mass is 15.0. The quantitative estimate of drug-likeness (QED) is 0.143. The van der Waals surface area contributed by atoms with Crippen LogP contribution in [-0.4, -0.2) is 29.9 Å². The van der Waals surface area contributed by atoms with Crippen molar-refractivity contribution in [3.05, 3.63) is 218 Å². The summed E-state index contributed by atoms with van der Waals surface area (Å²) in [5.74, 6) is 3.41. The van der Waals surface area contributed by atoms with Gasteiger partial charge in [0.1, 0.15) is 0 Å². The SMILES string of the molecule is N#Cc1ccccc1-c1cccc(-c2nc(-c3ccccc3)nc(-c3ccc(-c4ccc(-c5ccccc5)cc4-c4nc(-c5ccccc5)nc(-c5ccccc5)n4)cc3)n2)c1. The van der Waals surface area contributed by atoms with Gasteiger partial charge in [0.2, 0.25) is 0 Å². The van der Waals surface area contributed by atoms with Gasteiger partial charge in [0.05, 0.1) is 11.6 Å². The Morgan fingerprint density at radius 3 is 1.16 bits per heavy atom. The average molecular weight is 794 g/mol. The highest BCUT2D eigenvalue weighted by molar-refractivity contribution is 5.86. The molecule has 0 spiro atoms. The molecular formula is C55H35N7. The minimum absolute atomic E-state index is 0.534. The topological polar surface area (TPSA) is 101 Å². The Balaban J connectivity index is 1.09. The Labute approximate surface area is 359 Å². The van der Waals surface area contributed by atoms with Crippen molar-refractivity contribution in [2.75, 3.05) is 0 Å². The fourth-order valence-electron chi connectivity index (χ4n) is 7.53. The lowest BCUT2D eigenvalue weighted by molar-refractivity contribution is 1.07. The molecule has 8 aromatic carbocycles. The largest absolute Gasteiger partial charge is 0.208 e. The summed E-state index contributed by atoms with van der Waals surface area (Å²) in [6.45, 7) is 0. The van der Waals surface area contributed by atoms with Crippen LogP contribution in [0.3, 0.4) is 0 Å². The first-order valence-corrected chi connectivity index (χ1v) is 20.3. The first-order valence-electron chi connectivity index (χ1n) is 20.3. The van der Waals surface area contributed by atoms with E-state index in [9.17, 15) is 5.26 Å². The van der Waals surface area contributed by atoms with Crippen molar-refractivity contribution in [1.29, 1.82) is 5.26 Å². The van der Waals surface area contributed by atoms with Gasteiger partial charge in [-0.05, 0) is 51.6 Å². The zero-order chi connectivity index (χ0) is 41.7. The van der Waals surface area contributed by atoms with E-state index in [1.165, 1.54) is 0 Å². The van der Waals surface area contributed by atoms with Crippen LogP contribution in [0.4, 0.5) is 0 Å². The molecule has 0 radical (unpaired) electrons. The number of aromatic nitrogens is 6. The number of benzene rings is 8. The molecule has 2 aromatic heterocycles. The van der Waals surface area contributed by atoms with Crippen LogP contribution in [-0.2, 0) is 0 Å². The lowest BCUT2D eigenvalue weighted by Gasteiger charge is -2.14. The molecule has 10 aromatic rings. The van der Waals surface area contributed by atoms with Crippen molar-refractivity contribution in [2.24, 2.45) is 0 Å². The second kappa shape index (κ2) is 16.9. The molecule has 290 valence electrons. The number of nitriles is 1. The van der Waals surface area contributed by atoms with Gasteiger partial charge < -0.3 is 0 Å². The number of hydrogen-bond acceptors (Lipinski definition) is 7. The fourth-order valence-corrected chi connectivity index (χ4v) is 7.53. The summed E-state index contributed by atoms with van der Waals surface area (Å²) in [6.07, 6.45) is 0. The minimum Gasteiger partial charge on any atom is -0.208 e. The minimum atomic E-state index is 0.534. The van der Waals surface area contributed by atoms with Gasteiger partial charge in [-0.1, -0.05) is 194 Å². The van der Waals surface area contributed by atoms with Gasteiger partial charge in [-0.15, -0.1) is 0 Å². The molecule has 0 aliphatic rings. The standard InChI is InChI=1S/C55H35N7/c56-36-46-24-13-14-27-47(46)44-25-15-26-45(34-44)54-59-50(39-18-7-2-8-19-39)57-53(60-54)42-30-28-38(29-31-42)48-33-32-43(37-16-5-1-6-17-37)35-49(48)55-61-51(40-20-9-3-10-21-40)58-52(62-55)41-22-11-4-12-23-41/h1-35H. The van der Waals surface area contributed by atoms with Crippen LogP contribution in [0.5, 0.6) is 0 Å². The van der Waals surface area contributed by atoms with Crippen LogP contribution >= 0.6 is 0 Å². The Morgan fingerprint density at radius 1 is 0.242 bits per heavy atom. The molecule has 2 heterocycles. The first-order chi connectivity index (χ1) is 30.7. The predicted octanol–water partition coefficient (Wildman–Crippen LogP) is 12.9. The molecule has 0 saturated carbocycles. The summed E-state index contributed by atoms with van der Waals surface area (Å²) in [5.41, 5.74) is 11.7. The van der Waals surface area contributed by atoms with Gasteiger partial charge in [0.15, 0.2) is 34.9 Å². The normalized spacial score (nSPS) is 10.9. The molecule has 0 aliphatic carbocycles. The molecule has 0 unspecified atom stereocenters. The van der Waals surface area contributed by atoms with Gasteiger partial charge in [-0.3, -0.25) is 0 Å². The fraction of sp³-hybridized carbons (Fsp3) is 0. The lowest BCUT2D eigenvalue weighted by Crippen LogP contribution is -2.01. The van der Waals surface area contributed by atoms with Crippen LogP contribution in [0.25, 0.3) is 102 Å². The van der Waals surface area contributed by atoms with Gasteiger partial charge in [-0.2, -0.15) is 5.26 Å². The predicted molar refractivity (Wildman–Crippen MR) is 247 cm³/mol. The summed E-state index contributed by atoms with van der Waals surface area (Å²) >= 11 is 0. The molecule has 0 aliphatic heterocycles. The first kappa shape index (κ1) is 37.5. The van der Waals surface area contributed by atoms with Crippen molar-refractivity contribution in [3.8, 4) is 108 Å². The maximum absolute atomic E-state index is 9.83. The third kappa shape index (κ3) is 7.75. The van der Waals surface area contributed by atoms with Crippen molar-refractivity contribution in [3.63, 3.8) is 0 Å². The molecule has 0 amide bonds. The van der Waals surface area contributed by atoms with E-state index in [1.807, 2.05) is 158 Å². The van der Waals surface area contributed by atoms with Crippen molar-refractivity contribution in [1.82, 2.24) is 29.9 Å². The van der Waals surface area contributed by atoms with Gasteiger partial charge >= 0.3 is 0 Å². The summed E-state index contributed by atoms with van der Waals surface area (Å²) in [4.78, 5) is 30.3. The molecule has 10 rings (SSSR count). The highest BCUT2D eigenvalue weighted by Gasteiger charge is 2.19. The molecule has 0 saturated heterocycles. The zero-order valence-electron chi connectivity index (χ0n) is 33.3. The molecule has 62 heavy (non-hydrogen) atoms. The van der Waals surface area contributed by atoms with E-state index in [-0.39, 0.29) is 0 Å². The molecule has 0 fully saturated rings. The monoisotopic (exact) mass is 793 g/mol.